The van der Waals surface area contributed by atoms with Crippen LogP contribution in [0.25, 0.3) is 0 Å². The van der Waals surface area contributed by atoms with Gasteiger partial charge in [-0.15, -0.1) is 0 Å². The van der Waals surface area contributed by atoms with Crippen LogP contribution in [0.3, 0.4) is 0 Å². The first-order valence-corrected chi connectivity index (χ1v) is 14.2. The van der Waals surface area contributed by atoms with Crippen LogP contribution in [-0.4, -0.2) is 59.7 Å². The minimum atomic E-state index is -5.08. The van der Waals surface area contributed by atoms with Crippen LogP contribution >= 0.6 is 0 Å². The second kappa shape index (κ2) is 12.6. The van der Waals surface area contributed by atoms with E-state index >= 15 is 0 Å². The van der Waals surface area contributed by atoms with Crippen LogP contribution in [0.1, 0.15) is 77.6 Å². The Hall–Kier alpha value is -3.57. The van der Waals surface area contributed by atoms with Crippen LogP contribution in [0.5, 0.6) is 0 Å². The van der Waals surface area contributed by atoms with E-state index in [4.69, 9.17) is 0 Å². The third-order valence-corrected chi connectivity index (χ3v) is 8.53. The lowest BCUT2D eigenvalue weighted by atomic mass is 9.82. The highest BCUT2D eigenvalue weighted by Crippen LogP contribution is 2.38. The molecule has 1 N–H and O–H groups in total. The summed E-state index contributed by atoms with van der Waals surface area (Å²) in [5, 5.41) is 2.89. The van der Waals surface area contributed by atoms with Crippen LogP contribution in [0.4, 0.5) is 26.3 Å². The zero-order chi connectivity index (χ0) is 31.7. The second-order valence-electron chi connectivity index (χ2n) is 11.6. The van der Waals surface area contributed by atoms with Gasteiger partial charge < -0.3 is 15.1 Å². The number of alkyl halides is 6. The Morgan fingerprint density at radius 3 is 1.93 bits per heavy atom. The number of halogens is 6. The van der Waals surface area contributed by atoms with Crippen molar-refractivity contribution in [2.75, 3.05) is 20.1 Å². The van der Waals surface area contributed by atoms with Crippen molar-refractivity contribution in [1.29, 1.82) is 0 Å². The first kappa shape index (κ1) is 32.3. The van der Waals surface area contributed by atoms with Gasteiger partial charge in [-0.05, 0) is 62.8 Å². The maximum absolute atomic E-state index is 13.6. The van der Waals surface area contributed by atoms with Crippen molar-refractivity contribution < 1.29 is 40.7 Å². The van der Waals surface area contributed by atoms with Gasteiger partial charge >= 0.3 is 12.4 Å². The molecule has 2 atom stereocenters. The van der Waals surface area contributed by atoms with Gasteiger partial charge in [-0.25, -0.2) is 0 Å². The predicted octanol–water partition coefficient (Wildman–Crippen LogP) is 6.18. The molecule has 4 rings (SSSR count). The lowest BCUT2D eigenvalue weighted by molar-refractivity contribution is -0.143. The number of likely N-dealkylation sites (N-methyl/N-ethyl adjacent to an activating group) is 1. The third kappa shape index (κ3) is 7.69. The average molecular weight is 612 g/mol. The van der Waals surface area contributed by atoms with Crippen LogP contribution in [0.15, 0.2) is 42.5 Å². The Morgan fingerprint density at radius 2 is 1.42 bits per heavy atom. The molecule has 2 unspecified atom stereocenters. The van der Waals surface area contributed by atoms with E-state index in [9.17, 15) is 40.7 Å². The number of aryl methyl sites for hydroxylation is 1. The number of nitrogens with one attached hydrogen (secondary N) is 1. The molecule has 1 aliphatic heterocycles. The van der Waals surface area contributed by atoms with Gasteiger partial charge in [-0.3, -0.25) is 14.4 Å². The Balaban J connectivity index is 1.58. The van der Waals surface area contributed by atoms with Gasteiger partial charge in [0.05, 0.1) is 11.1 Å². The van der Waals surface area contributed by atoms with E-state index in [1.54, 1.807) is 4.90 Å². The number of hydrogen-bond donors (Lipinski definition) is 1. The molecular weight excluding hydrogens is 576 g/mol. The molecule has 3 amide bonds. The van der Waals surface area contributed by atoms with Crippen LogP contribution in [0, 0.1) is 12.8 Å². The first-order chi connectivity index (χ1) is 20.0. The molecule has 12 heteroatoms. The molecule has 2 aromatic carbocycles. The first-order valence-electron chi connectivity index (χ1n) is 14.2. The van der Waals surface area contributed by atoms with E-state index in [0.717, 1.165) is 11.1 Å². The number of hydrogen-bond acceptors (Lipinski definition) is 3. The average Bonchev–Trinajstić information content (AvgIpc) is 2.95. The third-order valence-electron chi connectivity index (χ3n) is 8.53. The number of likely N-dealkylation sites (tertiary alicyclic amines) is 1. The van der Waals surface area contributed by atoms with Gasteiger partial charge in [0.1, 0.15) is 0 Å². The molecule has 2 aliphatic rings. The Labute approximate surface area is 246 Å². The molecule has 234 valence electrons. The monoisotopic (exact) mass is 611 g/mol. The summed E-state index contributed by atoms with van der Waals surface area (Å²) in [6.07, 6.45) is -7.26. The fourth-order valence-corrected chi connectivity index (χ4v) is 6.21. The van der Waals surface area contributed by atoms with Crippen LogP contribution < -0.4 is 5.32 Å². The largest absolute Gasteiger partial charge is 0.416 e. The summed E-state index contributed by atoms with van der Waals surface area (Å²) >= 11 is 0. The van der Waals surface area contributed by atoms with Gasteiger partial charge in [0.25, 0.3) is 5.91 Å². The summed E-state index contributed by atoms with van der Waals surface area (Å²) in [5.74, 6) is -1.74. The molecule has 2 aromatic rings. The van der Waals surface area contributed by atoms with Crippen LogP contribution in [-0.2, 0) is 21.9 Å². The molecule has 0 aromatic heterocycles. The summed E-state index contributed by atoms with van der Waals surface area (Å²) in [6.45, 7) is 3.88. The van der Waals surface area contributed by atoms with E-state index in [2.05, 4.69) is 5.32 Å². The standard InChI is InChI=1S/C31H35F6N3O3/c1-18-4-6-20(7-5-18)26-17-40(29(43)21-8-10-25(11-9-21)38-19(2)41)13-12-27(26)39(3)28(42)22-14-23(30(32,33)34)16-24(15-22)31(35,36)37/h4-7,14-16,21,25-27H,8-13,17H2,1-3H3,(H,38,41). The van der Waals surface area contributed by atoms with Gasteiger partial charge in [0.15, 0.2) is 0 Å². The summed E-state index contributed by atoms with van der Waals surface area (Å²) < 4.78 is 80.8. The lowest BCUT2D eigenvalue weighted by Gasteiger charge is -2.44. The normalized spacial score (nSPS) is 23.0. The van der Waals surface area contributed by atoms with E-state index in [0.29, 0.717) is 44.2 Å². The maximum atomic E-state index is 13.6. The number of carbonyl (C=O) groups excluding carboxylic acids is 3. The lowest BCUT2D eigenvalue weighted by Crippen LogP contribution is -2.53. The number of piperidine rings is 1. The summed E-state index contributed by atoms with van der Waals surface area (Å²) in [7, 11) is 1.38. The molecule has 6 nitrogen and oxygen atoms in total. The van der Waals surface area contributed by atoms with Crippen molar-refractivity contribution in [3.63, 3.8) is 0 Å². The Morgan fingerprint density at radius 1 is 0.860 bits per heavy atom. The molecule has 0 bridgehead atoms. The molecular formula is C31H35F6N3O3. The number of amides is 3. The highest BCUT2D eigenvalue weighted by Gasteiger charge is 2.41. The molecule has 1 heterocycles. The minimum absolute atomic E-state index is 0.000366. The second-order valence-corrected chi connectivity index (χ2v) is 11.6. The maximum Gasteiger partial charge on any atom is 0.416 e. The van der Waals surface area contributed by atoms with Crippen molar-refractivity contribution in [2.24, 2.45) is 5.92 Å². The highest BCUT2D eigenvalue weighted by atomic mass is 19.4. The van der Waals surface area contributed by atoms with Gasteiger partial charge in [-0.2, -0.15) is 26.3 Å². The molecule has 2 fully saturated rings. The fourth-order valence-electron chi connectivity index (χ4n) is 6.21. The van der Waals surface area contributed by atoms with E-state index in [1.165, 1.54) is 18.9 Å². The number of rotatable bonds is 5. The van der Waals surface area contributed by atoms with Crippen molar-refractivity contribution in [3.8, 4) is 0 Å². The number of benzene rings is 2. The molecule has 1 saturated carbocycles. The van der Waals surface area contributed by atoms with Gasteiger partial charge in [0.2, 0.25) is 11.8 Å². The molecule has 0 radical (unpaired) electrons. The summed E-state index contributed by atoms with van der Waals surface area (Å²) in [4.78, 5) is 41.4. The Bertz CT molecular complexity index is 1300. The highest BCUT2D eigenvalue weighted by molar-refractivity contribution is 5.95. The molecule has 43 heavy (non-hydrogen) atoms. The van der Waals surface area contributed by atoms with Crippen molar-refractivity contribution in [1.82, 2.24) is 15.1 Å². The van der Waals surface area contributed by atoms with Crippen molar-refractivity contribution >= 4 is 17.7 Å². The summed E-state index contributed by atoms with van der Waals surface area (Å²) in [5.41, 5.74) is -2.03. The van der Waals surface area contributed by atoms with Crippen molar-refractivity contribution in [3.05, 3.63) is 70.3 Å². The minimum Gasteiger partial charge on any atom is -0.354 e. The zero-order valence-corrected chi connectivity index (χ0v) is 24.2. The SMILES string of the molecule is CC(=O)NC1CCC(C(=O)N2CCC(N(C)C(=O)c3cc(C(F)(F)F)cc(C(F)(F)F)c3)C(c3ccc(C)cc3)C2)CC1. The van der Waals surface area contributed by atoms with Gasteiger partial charge in [-0.1, -0.05) is 29.8 Å². The van der Waals surface area contributed by atoms with E-state index in [-0.39, 0.29) is 42.9 Å². The molecule has 0 spiro atoms. The fraction of sp³-hybridized carbons (Fsp3) is 0.516. The number of nitrogens with zero attached hydrogens (tertiary/aromatic N) is 2. The zero-order valence-electron chi connectivity index (χ0n) is 24.2. The number of carbonyl (C=O) groups is 3. The summed E-state index contributed by atoms with van der Waals surface area (Å²) in [6, 6.07) is 7.82. The quantitative estimate of drug-likeness (QED) is 0.411. The predicted molar refractivity (Wildman–Crippen MR) is 147 cm³/mol. The topological polar surface area (TPSA) is 69.7 Å². The van der Waals surface area contributed by atoms with Gasteiger partial charge in [0, 0.05) is 56.5 Å². The van der Waals surface area contributed by atoms with Crippen LogP contribution in [0.2, 0.25) is 0 Å². The molecule has 1 aliphatic carbocycles. The van der Waals surface area contributed by atoms with E-state index in [1.807, 2.05) is 31.2 Å². The van der Waals surface area contributed by atoms with Crippen molar-refractivity contribution in [2.45, 2.75) is 76.3 Å². The Kier molecular flexibility index (Phi) is 9.46. The van der Waals surface area contributed by atoms with E-state index < -0.39 is 46.9 Å². The smallest absolute Gasteiger partial charge is 0.354 e. The molecule has 1 saturated heterocycles.